The molecule has 14 heteroatoms. The van der Waals surface area contributed by atoms with Crippen LogP contribution in [-0.2, 0) is 31.6 Å². The molecule has 0 unspecified atom stereocenters. The van der Waals surface area contributed by atoms with Gasteiger partial charge in [0.25, 0.3) is 15.9 Å². The maximum absolute atomic E-state index is 14.3. The monoisotopic (exact) mass is 697 g/mol. The van der Waals surface area contributed by atoms with Crippen LogP contribution in [0, 0.1) is 0 Å². The van der Waals surface area contributed by atoms with Crippen LogP contribution in [0.2, 0.25) is 10.0 Å². The molecule has 10 nitrogen and oxygen atoms in total. The Morgan fingerprint density at radius 3 is 2.45 bits per heavy atom. The molecule has 3 aromatic rings. The van der Waals surface area contributed by atoms with Gasteiger partial charge in [-0.2, -0.15) is 4.31 Å². The quantitative estimate of drug-likeness (QED) is 0.354. The van der Waals surface area contributed by atoms with E-state index < -0.39 is 39.0 Å². The Morgan fingerprint density at radius 2 is 1.83 bits per heavy atom. The molecule has 42 heavy (non-hydrogen) atoms. The van der Waals surface area contributed by atoms with E-state index in [9.17, 15) is 23.1 Å². The van der Waals surface area contributed by atoms with E-state index in [2.05, 4.69) is 26.2 Å². The van der Waals surface area contributed by atoms with Crippen LogP contribution in [0.4, 0.5) is 11.6 Å². The number of sulfonamides is 1. The van der Waals surface area contributed by atoms with Crippen molar-refractivity contribution in [3.63, 3.8) is 0 Å². The number of aromatic nitrogens is 2. The molecule has 1 aromatic heterocycles. The number of nitrogens with zero attached hydrogens (tertiary/aromatic N) is 4. The number of hydrogen-bond acceptors (Lipinski definition) is 6. The van der Waals surface area contributed by atoms with Crippen LogP contribution >= 0.6 is 39.1 Å². The van der Waals surface area contributed by atoms with Crippen molar-refractivity contribution in [2.75, 3.05) is 18.0 Å². The van der Waals surface area contributed by atoms with E-state index in [1.807, 2.05) is 24.3 Å². The van der Waals surface area contributed by atoms with Crippen molar-refractivity contribution in [2.45, 2.75) is 62.2 Å². The van der Waals surface area contributed by atoms with Gasteiger partial charge < -0.3 is 10.4 Å². The molecule has 224 valence electrons. The topological polar surface area (TPSA) is 125 Å². The number of rotatable bonds is 8. The Morgan fingerprint density at radius 1 is 1.19 bits per heavy atom. The van der Waals surface area contributed by atoms with Gasteiger partial charge in [-0.15, -0.1) is 0 Å². The van der Waals surface area contributed by atoms with Gasteiger partial charge >= 0.3 is 0 Å². The number of hydrogen-bond donors (Lipinski definition) is 2. The summed E-state index contributed by atoms with van der Waals surface area (Å²) in [6.45, 7) is 4.86. The molecule has 2 aromatic carbocycles. The van der Waals surface area contributed by atoms with E-state index in [0.717, 1.165) is 14.3 Å². The summed E-state index contributed by atoms with van der Waals surface area (Å²) in [5, 5.41) is 13.1. The first-order chi connectivity index (χ1) is 19.6. The van der Waals surface area contributed by atoms with E-state index in [-0.39, 0.29) is 30.5 Å². The van der Waals surface area contributed by atoms with Crippen LogP contribution in [-0.4, -0.2) is 63.9 Å². The molecule has 0 aliphatic carbocycles. The molecular formula is C28H30BrCl2N5O5S. The smallest absolute Gasteiger partial charge is 0.261 e. The predicted octanol–water partition coefficient (Wildman–Crippen LogP) is 4.63. The first kappa shape index (κ1) is 31.0. The number of benzene rings is 2. The van der Waals surface area contributed by atoms with Gasteiger partial charge in [-0.1, -0.05) is 51.3 Å². The number of fused-ring (bicyclic) bond motifs is 1. The van der Waals surface area contributed by atoms with Crippen molar-refractivity contribution in [3.05, 3.63) is 68.7 Å². The molecule has 5 rings (SSSR count). The minimum Gasteiger partial charge on any atom is -0.389 e. The van der Waals surface area contributed by atoms with E-state index >= 15 is 0 Å². The third-order valence-electron chi connectivity index (χ3n) is 7.41. The van der Waals surface area contributed by atoms with Crippen molar-refractivity contribution in [1.29, 1.82) is 0 Å². The summed E-state index contributed by atoms with van der Waals surface area (Å²) >= 11 is 16.0. The summed E-state index contributed by atoms with van der Waals surface area (Å²) in [5.41, 5.74) is -1.42. The average molecular weight is 699 g/mol. The maximum atomic E-state index is 14.3. The number of nitrogens with one attached hydrogen (secondary N) is 1. The van der Waals surface area contributed by atoms with Crippen molar-refractivity contribution in [1.82, 2.24) is 19.2 Å². The summed E-state index contributed by atoms with van der Waals surface area (Å²) in [6.07, 6.45) is 2.18. The number of anilines is 2. The van der Waals surface area contributed by atoms with Crippen LogP contribution < -0.4 is 10.2 Å². The molecule has 1 saturated heterocycles. The lowest BCUT2D eigenvalue weighted by Gasteiger charge is -2.29. The first-order valence-electron chi connectivity index (χ1n) is 13.3. The summed E-state index contributed by atoms with van der Waals surface area (Å²) in [6, 6.07) is 11.1. The molecule has 2 aliphatic rings. The highest BCUT2D eigenvalue weighted by molar-refractivity contribution is 9.10. The van der Waals surface area contributed by atoms with Gasteiger partial charge in [-0.25, -0.2) is 18.3 Å². The molecule has 2 aliphatic heterocycles. The van der Waals surface area contributed by atoms with Crippen molar-refractivity contribution in [3.8, 4) is 0 Å². The minimum absolute atomic E-state index is 0.0325. The summed E-state index contributed by atoms with van der Waals surface area (Å²) < 4.78 is 32.0. The number of aliphatic hydroxyl groups is 1. The lowest BCUT2D eigenvalue weighted by atomic mass is 9.92. The average Bonchev–Trinajstić information content (AvgIpc) is 3.60. The van der Waals surface area contributed by atoms with Gasteiger partial charge in [-0.05, 0) is 69.5 Å². The fourth-order valence-electron chi connectivity index (χ4n) is 5.44. The highest BCUT2D eigenvalue weighted by atomic mass is 79.9. The Bertz CT molecular complexity index is 1640. The summed E-state index contributed by atoms with van der Waals surface area (Å²) in [7, 11) is -4.31. The second-order valence-corrected chi connectivity index (χ2v) is 15.0. The van der Waals surface area contributed by atoms with E-state index in [0.29, 0.717) is 28.6 Å². The van der Waals surface area contributed by atoms with Crippen LogP contribution in [0.15, 0.2) is 58.2 Å². The highest BCUT2D eigenvalue weighted by Gasteiger charge is 2.53. The number of amides is 2. The molecule has 0 saturated carbocycles. The number of imidazole rings is 1. The molecule has 2 atom stereocenters. The fourth-order valence-corrected chi connectivity index (χ4v) is 8.07. The van der Waals surface area contributed by atoms with E-state index in [1.165, 1.54) is 21.7 Å². The zero-order valence-electron chi connectivity index (χ0n) is 23.1. The number of halogens is 3. The molecule has 2 N–H and O–H groups in total. The zero-order chi connectivity index (χ0) is 30.6. The Kier molecular flexibility index (Phi) is 8.27. The summed E-state index contributed by atoms with van der Waals surface area (Å²) in [5.74, 6) is -0.814. The normalized spacial score (nSPS) is 21.2. The molecule has 2 amide bonds. The van der Waals surface area contributed by atoms with Crippen LogP contribution in [0.1, 0.15) is 39.2 Å². The number of carbonyl (C=O) groups excluding carboxylic acids is 2. The van der Waals surface area contributed by atoms with Gasteiger partial charge in [0, 0.05) is 34.0 Å². The molecule has 0 spiro atoms. The molecule has 0 radical (unpaired) electrons. The van der Waals surface area contributed by atoms with Crippen molar-refractivity contribution in [2.24, 2.45) is 0 Å². The van der Waals surface area contributed by atoms with E-state index in [1.54, 1.807) is 32.9 Å². The fraction of sp³-hybridized carbons (Fsp3) is 0.393. The van der Waals surface area contributed by atoms with Crippen molar-refractivity contribution >= 4 is 72.6 Å². The lowest BCUT2D eigenvalue weighted by molar-refractivity contribution is -0.125. The van der Waals surface area contributed by atoms with Gasteiger partial charge in [0.15, 0.2) is 5.03 Å². The van der Waals surface area contributed by atoms with Crippen LogP contribution in [0.5, 0.6) is 0 Å². The molecule has 0 bridgehead atoms. The lowest BCUT2D eigenvalue weighted by Crippen LogP contribution is -2.49. The number of carbonyl (C=O) groups is 2. The Balaban J connectivity index is 1.61. The van der Waals surface area contributed by atoms with Gasteiger partial charge in [-0.3, -0.25) is 14.2 Å². The molecular weight excluding hydrogens is 669 g/mol. The van der Waals surface area contributed by atoms with E-state index in [4.69, 9.17) is 23.2 Å². The largest absolute Gasteiger partial charge is 0.389 e. The van der Waals surface area contributed by atoms with Crippen LogP contribution in [0.25, 0.3) is 0 Å². The minimum atomic E-state index is -4.31. The van der Waals surface area contributed by atoms with Gasteiger partial charge in [0.2, 0.25) is 11.9 Å². The predicted molar refractivity (Wildman–Crippen MR) is 164 cm³/mol. The van der Waals surface area contributed by atoms with Gasteiger partial charge in [0.1, 0.15) is 11.6 Å². The Labute approximate surface area is 262 Å². The van der Waals surface area contributed by atoms with Gasteiger partial charge in [0.05, 0.1) is 17.5 Å². The second kappa shape index (κ2) is 11.2. The van der Waals surface area contributed by atoms with Crippen molar-refractivity contribution < 1.29 is 23.1 Å². The standard InChI is InChI=1S/C28H30BrCl2N5O5S/c1-27(2,39)16-33-24(37)22-5-4-10-34(22)42(40,41)23-15-32-26-35(21-12-19(30)11-20(31)13-21)25(38)28(3,36(23)26)14-17-6-8-18(29)9-7-17/h6-9,11-13,15,22,39H,4-5,10,14,16H2,1-3H3,(H,33,37)/t22-,28+/m0/s1. The SMILES string of the molecule is CC(C)(O)CNC(=O)[C@@H]1CCCN1S(=O)(=O)c1cnc2n1[C@](C)(Cc1ccc(Br)cc1)C(=O)N2c1cc(Cl)cc(Cl)c1. The molecule has 3 heterocycles. The summed E-state index contributed by atoms with van der Waals surface area (Å²) in [4.78, 5) is 33.1. The first-order valence-corrected chi connectivity index (χ1v) is 16.3. The third-order valence-corrected chi connectivity index (χ3v) is 10.2. The zero-order valence-corrected chi connectivity index (χ0v) is 27.1. The Hall–Kier alpha value is -2.48. The second-order valence-electron chi connectivity index (χ2n) is 11.4. The molecule has 1 fully saturated rings. The maximum Gasteiger partial charge on any atom is 0.261 e. The highest BCUT2D eigenvalue weighted by Crippen LogP contribution is 2.45. The van der Waals surface area contributed by atoms with Crippen LogP contribution in [0.3, 0.4) is 0 Å². The third kappa shape index (κ3) is 5.72.